The highest BCUT2D eigenvalue weighted by Crippen LogP contribution is 2.30. The first-order valence-corrected chi connectivity index (χ1v) is 7.38. The zero-order valence-electron chi connectivity index (χ0n) is 11.3. The lowest BCUT2D eigenvalue weighted by molar-refractivity contribution is 0.416. The zero-order chi connectivity index (χ0) is 14.8. The van der Waals surface area contributed by atoms with Gasteiger partial charge in [-0.25, -0.2) is 8.42 Å². The lowest BCUT2D eigenvalue weighted by Gasteiger charge is -2.21. The summed E-state index contributed by atoms with van der Waals surface area (Å²) >= 11 is 0. The van der Waals surface area contributed by atoms with Gasteiger partial charge in [-0.1, -0.05) is 12.1 Å². The second-order valence-electron chi connectivity index (χ2n) is 4.21. The molecular weight excluding hydrogens is 276 g/mol. The molecule has 6 heteroatoms. The highest BCUT2D eigenvalue weighted by molar-refractivity contribution is 7.92. The Kier molecular flexibility index (Phi) is 3.85. The highest BCUT2D eigenvalue weighted by Gasteiger charge is 2.23. The molecule has 5 nitrogen and oxygen atoms in total. The van der Waals surface area contributed by atoms with Crippen molar-refractivity contribution in [1.82, 2.24) is 0 Å². The standard InChI is InChI=1S/C14H16N2O3S/c1-16(13-5-3-4-6-14(13)19-2)20(17,18)12-9-7-11(15)8-10-12/h3-10H,15H2,1-2H3. The van der Waals surface area contributed by atoms with Crippen LogP contribution in [-0.4, -0.2) is 22.6 Å². The maximum absolute atomic E-state index is 12.5. The molecule has 0 saturated carbocycles. The molecule has 0 aliphatic carbocycles. The van der Waals surface area contributed by atoms with Crippen LogP contribution in [0.4, 0.5) is 11.4 Å². The number of hydrogen-bond donors (Lipinski definition) is 1. The van der Waals surface area contributed by atoms with Crippen molar-refractivity contribution in [2.24, 2.45) is 0 Å². The Balaban J connectivity index is 2.46. The molecule has 0 spiro atoms. The van der Waals surface area contributed by atoms with Crippen LogP contribution in [0.15, 0.2) is 53.4 Å². The Morgan fingerprint density at radius 2 is 1.65 bits per heavy atom. The molecule has 2 aromatic carbocycles. The van der Waals surface area contributed by atoms with Crippen LogP contribution in [0.25, 0.3) is 0 Å². The molecule has 2 N–H and O–H groups in total. The van der Waals surface area contributed by atoms with Crippen LogP contribution in [0.5, 0.6) is 5.75 Å². The second kappa shape index (κ2) is 5.42. The summed E-state index contributed by atoms with van der Waals surface area (Å²) in [5.41, 5.74) is 6.57. The van der Waals surface area contributed by atoms with E-state index in [4.69, 9.17) is 10.5 Å². The summed E-state index contributed by atoms with van der Waals surface area (Å²) in [6.07, 6.45) is 0. The van der Waals surface area contributed by atoms with Crippen molar-refractivity contribution < 1.29 is 13.2 Å². The maximum atomic E-state index is 12.5. The second-order valence-corrected chi connectivity index (χ2v) is 6.18. The topological polar surface area (TPSA) is 72.6 Å². The van der Waals surface area contributed by atoms with Gasteiger partial charge in [0, 0.05) is 12.7 Å². The summed E-state index contributed by atoms with van der Waals surface area (Å²) in [5, 5.41) is 0. The molecule has 2 rings (SSSR count). The molecule has 0 aliphatic heterocycles. The molecule has 0 aromatic heterocycles. The Morgan fingerprint density at radius 3 is 2.25 bits per heavy atom. The fourth-order valence-electron chi connectivity index (χ4n) is 1.82. The first-order chi connectivity index (χ1) is 9.46. The molecule has 0 bridgehead atoms. The lowest BCUT2D eigenvalue weighted by Crippen LogP contribution is -2.26. The van der Waals surface area contributed by atoms with E-state index in [2.05, 4.69) is 0 Å². The number of hydrogen-bond acceptors (Lipinski definition) is 4. The molecule has 106 valence electrons. The van der Waals surface area contributed by atoms with Crippen molar-refractivity contribution in [1.29, 1.82) is 0 Å². The molecule has 0 heterocycles. The summed E-state index contributed by atoms with van der Waals surface area (Å²) in [6, 6.07) is 13.0. The molecule has 2 aromatic rings. The van der Waals surface area contributed by atoms with E-state index < -0.39 is 10.0 Å². The Labute approximate surface area is 118 Å². The number of nitrogens with zero attached hydrogens (tertiary/aromatic N) is 1. The number of rotatable bonds is 4. The fraction of sp³-hybridized carbons (Fsp3) is 0.143. The molecule has 0 aliphatic rings. The van der Waals surface area contributed by atoms with Gasteiger partial charge in [0.15, 0.2) is 0 Å². The minimum Gasteiger partial charge on any atom is -0.495 e. The van der Waals surface area contributed by atoms with Crippen LogP contribution < -0.4 is 14.8 Å². The number of ether oxygens (including phenoxy) is 1. The molecule has 0 radical (unpaired) electrons. The van der Waals surface area contributed by atoms with Gasteiger partial charge in [0.25, 0.3) is 10.0 Å². The van der Waals surface area contributed by atoms with Gasteiger partial charge in [-0.3, -0.25) is 4.31 Å². The quantitative estimate of drug-likeness (QED) is 0.876. The lowest BCUT2D eigenvalue weighted by atomic mass is 10.3. The number of benzene rings is 2. The summed E-state index contributed by atoms with van der Waals surface area (Å²) < 4.78 is 31.5. The van der Waals surface area contributed by atoms with Crippen LogP contribution in [-0.2, 0) is 10.0 Å². The van der Waals surface area contributed by atoms with Gasteiger partial charge in [-0.2, -0.15) is 0 Å². The van der Waals surface area contributed by atoms with Crippen molar-refractivity contribution in [2.75, 3.05) is 24.2 Å². The van der Waals surface area contributed by atoms with Crippen LogP contribution in [0.3, 0.4) is 0 Å². The Hall–Kier alpha value is -2.21. The highest BCUT2D eigenvalue weighted by atomic mass is 32.2. The third kappa shape index (κ3) is 2.55. The van der Waals surface area contributed by atoms with Gasteiger partial charge in [0.1, 0.15) is 5.75 Å². The average molecular weight is 292 g/mol. The van der Waals surface area contributed by atoms with Crippen molar-refractivity contribution in [3.8, 4) is 5.75 Å². The van der Waals surface area contributed by atoms with E-state index >= 15 is 0 Å². The number of para-hydroxylation sites is 2. The van der Waals surface area contributed by atoms with Gasteiger partial charge in [-0.15, -0.1) is 0 Å². The number of methoxy groups -OCH3 is 1. The van der Waals surface area contributed by atoms with Crippen LogP contribution in [0, 0.1) is 0 Å². The largest absolute Gasteiger partial charge is 0.495 e. The summed E-state index contributed by atoms with van der Waals surface area (Å²) in [6.45, 7) is 0. The minimum absolute atomic E-state index is 0.181. The average Bonchev–Trinajstić information content (AvgIpc) is 2.46. The molecule has 0 amide bonds. The smallest absolute Gasteiger partial charge is 0.264 e. The number of nitrogen functional groups attached to an aromatic ring is 1. The van der Waals surface area contributed by atoms with Crippen LogP contribution in [0.2, 0.25) is 0 Å². The van der Waals surface area contributed by atoms with E-state index in [0.29, 0.717) is 17.1 Å². The molecule has 0 saturated heterocycles. The minimum atomic E-state index is -3.64. The van der Waals surface area contributed by atoms with Gasteiger partial charge in [-0.05, 0) is 36.4 Å². The SMILES string of the molecule is COc1ccccc1N(C)S(=O)(=O)c1ccc(N)cc1. The predicted octanol–water partition coefficient (Wildman–Crippen LogP) is 2.10. The Bertz CT molecular complexity index is 697. The first kappa shape index (κ1) is 14.2. The van der Waals surface area contributed by atoms with Gasteiger partial charge < -0.3 is 10.5 Å². The van der Waals surface area contributed by atoms with E-state index in [-0.39, 0.29) is 4.90 Å². The molecule has 0 fully saturated rings. The van der Waals surface area contributed by atoms with E-state index in [0.717, 1.165) is 0 Å². The van der Waals surface area contributed by atoms with Crippen molar-refractivity contribution in [3.05, 3.63) is 48.5 Å². The maximum Gasteiger partial charge on any atom is 0.264 e. The molecular formula is C14H16N2O3S. The zero-order valence-corrected chi connectivity index (χ0v) is 12.1. The summed E-state index contributed by atoms with van der Waals surface area (Å²) in [7, 11) is -0.651. The van der Waals surface area contributed by atoms with E-state index in [1.165, 1.54) is 30.6 Å². The molecule has 0 atom stereocenters. The van der Waals surface area contributed by atoms with Crippen LogP contribution >= 0.6 is 0 Å². The first-order valence-electron chi connectivity index (χ1n) is 5.94. The van der Waals surface area contributed by atoms with E-state index in [9.17, 15) is 8.42 Å². The van der Waals surface area contributed by atoms with Gasteiger partial charge >= 0.3 is 0 Å². The Morgan fingerprint density at radius 1 is 1.05 bits per heavy atom. The normalized spacial score (nSPS) is 11.1. The van der Waals surface area contributed by atoms with E-state index in [1.54, 1.807) is 36.4 Å². The van der Waals surface area contributed by atoms with Crippen molar-refractivity contribution >= 4 is 21.4 Å². The molecule has 0 unspecified atom stereocenters. The monoisotopic (exact) mass is 292 g/mol. The van der Waals surface area contributed by atoms with Crippen molar-refractivity contribution in [2.45, 2.75) is 4.90 Å². The summed E-state index contributed by atoms with van der Waals surface area (Å²) in [4.78, 5) is 0.181. The van der Waals surface area contributed by atoms with Crippen LogP contribution in [0.1, 0.15) is 0 Å². The summed E-state index contributed by atoms with van der Waals surface area (Å²) in [5.74, 6) is 0.494. The molecule has 20 heavy (non-hydrogen) atoms. The number of nitrogens with two attached hydrogens (primary N) is 1. The number of sulfonamides is 1. The van der Waals surface area contributed by atoms with Gasteiger partial charge in [0.05, 0.1) is 17.7 Å². The predicted molar refractivity (Wildman–Crippen MR) is 79.4 cm³/mol. The van der Waals surface area contributed by atoms with E-state index in [1.807, 2.05) is 0 Å². The third-order valence-corrected chi connectivity index (χ3v) is 4.75. The third-order valence-electron chi connectivity index (χ3n) is 2.96. The van der Waals surface area contributed by atoms with Gasteiger partial charge in [0.2, 0.25) is 0 Å². The number of anilines is 2. The van der Waals surface area contributed by atoms with Crippen molar-refractivity contribution in [3.63, 3.8) is 0 Å². The fourth-order valence-corrected chi connectivity index (χ4v) is 3.02.